The van der Waals surface area contributed by atoms with E-state index in [1.54, 1.807) is 0 Å². The van der Waals surface area contributed by atoms with Crippen molar-refractivity contribution < 1.29 is 32.2 Å². The van der Waals surface area contributed by atoms with Crippen LogP contribution in [-0.4, -0.2) is 42.8 Å². The van der Waals surface area contributed by atoms with Crippen LogP contribution < -0.4 is 10.1 Å². The molecule has 0 spiro atoms. The van der Waals surface area contributed by atoms with E-state index < -0.39 is 24.6 Å². The highest BCUT2D eigenvalue weighted by Crippen LogP contribution is 2.25. The predicted molar refractivity (Wildman–Crippen MR) is 85.6 cm³/mol. The third-order valence-electron chi connectivity index (χ3n) is 4.22. The van der Waals surface area contributed by atoms with E-state index in [0.29, 0.717) is 12.8 Å². The Morgan fingerprint density at radius 1 is 1.23 bits per heavy atom. The van der Waals surface area contributed by atoms with E-state index in [1.807, 2.05) is 0 Å². The molecule has 2 rings (SSSR count). The molecule has 6 nitrogen and oxygen atoms in total. The van der Waals surface area contributed by atoms with Crippen molar-refractivity contribution in [1.29, 1.82) is 0 Å². The lowest BCUT2D eigenvalue weighted by molar-refractivity contribution is -0.154. The van der Waals surface area contributed by atoms with Crippen molar-refractivity contribution in [1.82, 2.24) is 10.3 Å². The van der Waals surface area contributed by atoms with Crippen molar-refractivity contribution in [2.75, 3.05) is 13.7 Å². The van der Waals surface area contributed by atoms with Gasteiger partial charge in [-0.3, -0.25) is 9.59 Å². The maximum absolute atomic E-state index is 12.4. The van der Waals surface area contributed by atoms with Crippen molar-refractivity contribution in [3.05, 3.63) is 23.9 Å². The van der Waals surface area contributed by atoms with Gasteiger partial charge < -0.3 is 14.8 Å². The van der Waals surface area contributed by atoms with Gasteiger partial charge in [-0.05, 0) is 18.9 Å². The summed E-state index contributed by atoms with van der Waals surface area (Å²) >= 11 is 0. The van der Waals surface area contributed by atoms with E-state index in [2.05, 4.69) is 15.0 Å². The molecule has 0 bridgehead atoms. The van der Waals surface area contributed by atoms with Gasteiger partial charge in [-0.2, -0.15) is 13.2 Å². The van der Waals surface area contributed by atoms with Gasteiger partial charge in [0.15, 0.2) is 6.61 Å². The topological polar surface area (TPSA) is 77.5 Å². The quantitative estimate of drug-likeness (QED) is 0.633. The number of nitrogens with zero attached hydrogens (tertiary/aromatic N) is 1. The van der Waals surface area contributed by atoms with Crippen LogP contribution in [0.25, 0.3) is 0 Å². The zero-order valence-corrected chi connectivity index (χ0v) is 14.3. The number of halogens is 3. The van der Waals surface area contributed by atoms with E-state index in [1.165, 1.54) is 19.2 Å². The van der Waals surface area contributed by atoms with Crippen molar-refractivity contribution in [2.45, 2.75) is 44.3 Å². The Labute approximate surface area is 149 Å². The van der Waals surface area contributed by atoms with E-state index in [-0.39, 0.29) is 23.5 Å². The Bertz CT molecular complexity index is 619. The van der Waals surface area contributed by atoms with Crippen molar-refractivity contribution in [3.63, 3.8) is 0 Å². The third kappa shape index (κ3) is 5.89. The molecule has 1 fully saturated rings. The molecule has 0 aliphatic heterocycles. The molecule has 2 atom stereocenters. The number of rotatable bonds is 5. The Balaban J connectivity index is 2.00. The van der Waals surface area contributed by atoms with Crippen LogP contribution in [0.5, 0.6) is 5.88 Å². The number of hydrogen-bond acceptors (Lipinski definition) is 5. The summed E-state index contributed by atoms with van der Waals surface area (Å²) in [4.78, 5) is 28.0. The zero-order chi connectivity index (χ0) is 19.2. The lowest BCUT2D eigenvalue weighted by atomic mass is 9.94. The van der Waals surface area contributed by atoms with Crippen LogP contribution in [0.4, 0.5) is 13.2 Å². The fourth-order valence-corrected chi connectivity index (χ4v) is 2.92. The summed E-state index contributed by atoms with van der Waals surface area (Å²) in [6.45, 7) is -1.45. The zero-order valence-electron chi connectivity index (χ0n) is 14.3. The average Bonchev–Trinajstić information content (AvgIpc) is 2.84. The number of aromatic nitrogens is 1. The van der Waals surface area contributed by atoms with Crippen LogP contribution >= 0.6 is 0 Å². The first-order valence-electron chi connectivity index (χ1n) is 8.34. The Morgan fingerprint density at radius 2 is 1.96 bits per heavy atom. The van der Waals surface area contributed by atoms with Crippen molar-refractivity contribution >= 4 is 11.9 Å². The second-order valence-corrected chi connectivity index (χ2v) is 6.14. The van der Waals surface area contributed by atoms with Crippen LogP contribution in [0.1, 0.15) is 42.5 Å². The van der Waals surface area contributed by atoms with E-state index in [9.17, 15) is 22.8 Å². The number of esters is 1. The molecular weight excluding hydrogens is 353 g/mol. The van der Waals surface area contributed by atoms with Crippen LogP contribution in [0, 0.1) is 5.92 Å². The molecule has 1 heterocycles. The molecular formula is C17H21F3N2O4. The smallest absolute Gasteiger partial charge is 0.422 e. The van der Waals surface area contributed by atoms with E-state index in [4.69, 9.17) is 4.74 Å². The minimum atomic E-state index is -4.46. The summed E-state index contributed by atoms with van der Waals surface area (Å²) in [6.07, 6.45) is 0.739. The summed E-state index contributed by atoms with van der Waals surface area (Å²) in [5.74, 6) is -1.43. The van der Waals surface area contributed by atoms with Gasteiger partial charge in [-0.1, -0.05) is 19.3 Å². The summed E-state index contributed by atoms with van der Waals surface area (Å²) in [7, 11) is 1.32. The third-order valence-corrected chi connectivity index (χ3v) is 4.22. The summed E-state index contributed by atoms with van der Waals surface area (Å²) in [6, 6.07) is 2.18. The second kappa shape index (κ2) is 8.86. The molecule has 0 radical (unpaired) electrons. The molecule has 26 heavy (non-hydrogen) atoms. The first kappa shape index (κ1) is 20.0. The van der Waals surface area contributed by atoms with Gasteiger partial charge in [0.2, 0.25) is 5.88 Å². The Kier molecular flexibility index (Phi) is 6.82. The number of nitrogens with one attached hydrogen (secondary N) is 1. The van der Waals surface area contributed by atoms with Gasteiger partial charge in [-0.25, -0.2) is 4.98 Å². The first-order chi connectivity index (χ1) is 12.3. The number of alkyl halides is 3. The summed E-state index contributed by atoms with van der Waals surface area (Å²) in [5.41, 5.74) is 0.178. The van der Waals surface area contributed by atoms with Crippen molar-refractivity contribution in [3.8, 4) is 5.88 Å². The molecule has 1 aromatic rings. The van der Waals surface area contributed by atoms with E-state index >= 15 is 0 Å². The molecule has 144 valence electrons. The number of hydrogen-bond donors (Lipinski definition) is 1. The van der Waals surface area contributed by atoms with Gasteiger partial charge >= 0.3 is 12.1 Å². The molecule has 0 unspecified atom stereocenters. The van der Waals surface area contributed by atoms with Gasteiger partial charge in [0.1, 0.15) is 0 Å². The number of carbonyl (C=O) groups is 2. The molecule has 0 saturated heterocycles. The Hall–Kier alpha value is -2.32. The highest BCUT2D eigenvalue weighted by Gasteiger charge is 2.32. The Morgan fingerprint density at radius 3 is 2.58 bits per heavy atom. The highest BCUT2D eigenvalue weighted by molar-refractivity contribution is 5.94. The van der Waals surface area contributed by atoms with Crippen LogP contribution in [0.2, 0.25) is 0 Å². The molecule has 1 saturated carbocycles. The first-order valence-corrected chi connectivity index (χ1v) is 8.34. The van der Waals surface area contributed by atoms with Crippen LogP contribution in [0.3, 0.4) is 0 Å². The molecule has 1 amide bonds. The molecule has 1 N–H and O–H groups in total. The van der Waals surface area contributed by atoms with Gasteiger partial charge in [0.25, 0.3) is 5.91 Å². The molecule has 1 aromatic heterocycles. The molecule has 1 aliphatic rings. The predicted octanol–water partition coefficient (Wildman–Crippen LogP) is 2.87. The fraction of sp³-hybridized carbons (Fsp3) is 0.588. The number of methoxy groups -OCH3 is 1. The SMILES string of the molecule is COC(=O)[C@H]1CCCCC[C@@H]1NC(=O)c1ccc(OCC(F)(F)F)nc1. The monoisotopic (exact) mass is 374 g/mol. The summed E-state index contributed by atoms with van der Waals surface area (Å²) < 4.78 is 45.7. The highest BCUT2D eigenvalue weighted by atomic mass is 19.4. The van der Waals surface area contributed by atoms with Crippen molar-refractivity contribution in [2.24, 2.45) is 5.92 Å². The summed E-state index contributed by atoms with van der Waals surface area (Å²) in [5, 5.41) is 2.82. The lowest BCUT2D eigenvalue weighted by Gasteiger charge is -2.24. The van der Waals surface area contributed by atoms with Crippen LogP contribution in [-0.2, 0) is 9.53 Å². The molecule has 1 aliphatic carbocycles. The van der Waals surface area contributed by atoms with Gasteiger partial charge in [0, 0.05) is 18.3 Å². The average molecular weight is 374 g/mol. The maximum atomic E-state index is 12.4. The minimum absolute atomic E-state index is 0.178. The maximum Gasteiger partial charge on any atom is 0.422 e. The lowest BCUT2D eigenvalue weighted by Crippen LogP contribution is -2.43. The van der Waals surface area contributed by atoms with Crippen LogP contribution in [0.15, 0.2) is 18.3 Å². The van der Waals surface area contributed by atoms with Gasteiger partial charge in [-0.15, -0.1) is 0 Å². The fourth-order valence-electron chi connectivity index (χ4n) is 2.92. The number of amides is 1. The number of pyridine rings is 1. The normalized spacial score (nSPS) is 20.8. The second-order valence-electron chi connectivity index (χ2n) is 6.14. The standard InChI is InChI=1S/C17H21F3N2O4/c1-25-16(24)12-5-3-2-4-6-13(12)22-15(23)11-7-8-14(21-9-11)26-10-17(18,19)20/h7-9,12-13H,2-6,10H2,1H3,(H,22,23)/t12-,13-/m0/s1. The minimum Gasteiger partial charge on any atom is -0.469 e. The van der Waals surface area contributed by atoms with E-state index in [0.717, 1.165) is 25.5 Å². The number of ether oxygens (including phenoxy) is 2. The van der Waals surface area contributed by atoms with Gasteiger partial charge in [0.05, 0.1) is 18.6 Å². The molecule has 9 heteroatoms. The largest absolute Gasteiger partial charge is 0.469 e. The molecule has 0 aromatic carbocycles. The number of carbonyl (C=O) groups excluding carboxylic acids is 2.